The lowest BCUT2D eigenvalue weighted by Gasteiger charge is -2.15. The van der Waals surface area contributed by atoms with E-state index in [4.69, 9.17) is 5.73 Å². The van der Waals surface area contributed by atoms with Crippen LogP contribution in [0, 0.1) is 0 Å². The maximum Gasteiger partial charge on any atom is 0.242 e. The normalized spacial score (nSPS) is 12.2. The van der Waals surface area contributed by atoms with Crippen LogP contribution in [0.15, 0.2) is 12.3 Å². The van der Waals surface area contributed by atoms with Crippen molar-refractivity contribution in [1.82, 2.24) is 15.3 Å². The Balaban J connectivity index is 2.57. The minimum Gasteiger partial charge on any atom is -0.384 e. The number of rotatable bonds is 4. The maximum absolute atomic E-state index is 11.6. The van der Waals surface area contributed by atoms with Crippen molar-refractivity contribution in [3.8, 4) is 0 Å². The molecule has 6 heteroatoms. The zero-order valence-corrected chi connectivity index (χ0v) is 9.69. The molecule has 0 fully saturated rings. The monoisotopic (exact) mass is 223 g/mol. The molecule has 0 bridgehead atoms. The first-order valence-electron chi connectivity index (χ1n) is 5.14. The lowest BCUT2D eigenvalue weighted by Crippen LogP contribution is -2.41. The van der Waals surface area contributed by atoms with Crippen LogP contribution in [-0.4, -0.2) is 28.0 Å². The number of hydrogen-bond acceptors (Lipinski definition) is 5. The van der Waals surface area contributed by atoms with Gasteiger partial charge in [-0.15, -0.1) is 0 Å². The molecule has 88 valence electrons. The number of nitrogen functional groups attached to an aromatic ring is 1. The largest absolute Gasteiger partial charge is 0.384 e. The summed E-state index contributed by atoms with van der Waals surface area (Å²) in [5, 5.41) is 5.66. The van der Waals surface area contributed by atoms with E-state index in [1.54, 1.807) is 13.0 Å². The lowest BCUT2D eigenvalue weighted by molar-refractivity contribution is -0.122. The van der Waals surface area contributed by atoms with Crippen LogP contribution >= 0.6 is 0 Å². The Morgan fingerprint density at radius 2 is 2.12 bits per heavy atom. The topological polar surface area (TPSA) is 92.9 Å². The van der Waals surface area contributed by atoms with E-state index in [0.29, 0.717) is 11.8 Å². The van der Waals surface area contributed by atoms with E-state index < -0.39 is 6.04 Å². The first kappa shape index (κ1) is 12.2. The minimum atomic E-state index is -0.399. The van der Waals surface area contributed by atoms with Crippen molar-refractivity contribution < 1.29 is 4.79 Å². The summed E-state index contributed by atoms with van der Waals surface area (Å²) >= 11 is 0. The van der Waals surface area contributed by atoms with Gasteiger partial charge in [-0.05, 0) is 26.8 Å². The van der Waals surface area contributed by atoms with Crippen LogP contribution in [0.4, 0.5) is 11.8 Å². The molecule has 0 aliphatic carbocycles. The van der Waals surface area contributed by atoms with Gasteiger partial charge >= 0.3 is 0 Å². The van der Waals surface area contributed by atoms with Crippen LogP contribution in [0.3, 0.4) is 0 Å². The van der Waals surface area contributed by atoms with Gasteiger partial charge in [0.1, 0.15) is 11.9 Å². The molecule has 1 amide bonds. The Morgan fingerprint density at radius 1 is 1.44 bits per heavy atom. The summed E-state index contributed by atoms with van der Waals surface area (Å²) in [4.78, 5) is 19.5. The number of nitrogens with one attached hydrogen (secondary N) is 2. The molecular weight excluding hydrogens is 206 g/mol. The predicted octanol–water partition coefficient (Wildman–Crippen LogP) is 0.384. The summed E-state index contributed by atoms with van der Waals surface area (Å²) in [6.45, 7) is 5.55. The Hall–Kier alpha value is -1.85. The van der Waals surface area contributed by atoms with Crippen molar-refractivity contribution in [2.75, 3.05) is 11.1 Å². The molecule has 1 atom stereocenters. The molecule has 1 aromatic rings. The summed E-state index contributed by atoms with van der Waals surface area (Å²) in [6.07, 6.45) is 1.54. The molecule has 0 aliphatic heterocycles. The molecule has 0 saturated carbocycles. The molecule has 16 heavy (non-hydrogen) atoms. The highest BCUT2D eigenvalue weighted by Gasteiger charge is 2.14. The van der Waals surface area contributed by atoms with Crippen molar-refractivity contribution in [3.05, 3.63) is 12.3 Å². The second-order valence-corrected chi connectivity index (χ2v) is 3.83. The Bertz CT molecular complexity index is 366. The molecule has 0 radical (unpaired) electrons. The lowest BCUT2D eigenvalue weighted by atomic mass is 10.3. The van der Waals surface area contributed by atoms with E-state index in [2.05, 4.69) is 20.6 Å². The predicted molar refractivity (Wildman–Crippen MR) is 62.8 cm³/mol. The minimum absolute atomic E-state index is 0.0963. The summed E-state index contributed by atoms with van der Waals surface area (Å²) in [6, 6.07) is 1.30. The fraction of sp³-hybridized carbons (Fsp3) is 0.500. The van der Waals surface area contributed by atoms with Crippen molar-refractivity contribution in [1.29, 1.82) is 0 Å². The zero-order valence-electron chi connectivity index (χ0n) is 9.69. The van der Waals surface area contributed by atoms with Gasteiger partial charge in [0.25, 0.3) is 0 Å². The fourth-order valence-electron chi connectivity index (χ4n) is 1.11. The third-order valence-electron chi connectivity index (χ3n) is 1.85. The van der Waals surface area contributed by atoms with Gasteiger partial charge in [0.15, 0.2) is 0 Å². The summed E-state index contributed by atoms with van der Waals surface area (Å²) in [5.74, 6) is 0.626. The van der Waals surface area contributed by atoms with E-state index in [1.807, 2.05) is 13.8 Å². The quantitative estimate of drug-likeness (QED) is 0.686. The van der Waals surface area contributed by atoms with Gasteiger partial charge < -0.3 is 16.4 Å². The third-order valence-corrected chi connectivity index (χ3v) is 1.85. The highest BCUT2D eigenvalue weighted by molar-refractivity contribution is 5.83. The maximum atomic E-state index is 11.6. The molecule has 0 saturated heterocycles. The third kappa shape index (κ3) is 3.72. The molecule has 1 rings (SSSR count). The molecule has 4 N–H and O–H groups in total. The molecule has 0 spiro atoms. The molecule has 6 nitrogen and oxygen atoms in total. The number of amides is 1. The van der Waals surface area contributed by atoms with E-state index >= 15 is 0 Å². The molecular formula is C10H17N5O. The number of carbonyl (C=O) groups is 1. The summed E-state index contributed by atoms with van der Waals surface area (Å²) < 4.78 is 0. The molecule has 1 unspecified atom stereocenters. The molecule has 0 aromatic carbocycles. The highest BCUT2D eigenvalue weighted by atomic mass is 16.2. The van der Waals surface area contributed by atoms with E-state index in [-0.39, 0.29) is 11.9 Å². The van der Waals surface area contributed by atoms with Gasteiger partial charge in [-0.2, -0.15) is 4.98 Å². The van der Waals surface area contributed by atoms with Gasteiger partial charge in [-0.3, -0.25) is 4.79 Å². The summed E-state index contributed by atoms with van der Waals surface area (Å²) in [7, 11) is 0. The van der Waals surface area contributed by atoms with Crippen molar-refractivity contribution in [2.45, 2.75) is 32.9 Å². The second-order valence-electron chi connectivity index (χ2n) is 3.83. The summed E-state index contributed by atoms with van der Waals surface area (Å²) in [5.41, 5.74) is 5.50. The van der Waals surface area contributed by atoms with E-state index in [1.165, 1.54) is 6.20 Å². The second kappa shape index (κ2) is 5.29. The van der Waals surface area contributed by atoms with Crippen LogP contribution in [-0.2, 0) is 4.79 Å². The van der Waals surface area contributed by atoms with Crippen molar-refractivity contribution in [3.63, 3.8) is 0 Å². The highest BCUT2D eigenvalue weighted by Crippen LogP contribution is 2.03. The van der Waals surface area contributed by atoms with Gasteiger partial charge in [0, 0.05) is 12.2 Å². The fourth-order valence-corrected chi connectivity index (χ4v) is 1.11. The number of carbonyl (C=O) groups excluding carboxylic acids is 1. The molecule has 1 heterocycles. The number of nitrogens with zero attached hydrogens (tertiary/aromatic N) is 2. The smallest absolute Gasteiger partial charge is 0.242 e. The van der Waals surface area contributed by atoms with Gasteiger partial charge in [0.2, 0.25) is 11.9 Å². The van der Waals surface area contributed by atoms with Crippen LogP contribution in [0.1, 0.15) is 20.8 Å². The first-order chi connectivity index (χ1) is 7.49. The number of aromatic nitrogens is 2. The van der Waals surface area contributed by atoms with Crippen molar-refractivity contribution >= 4 is 17.7 Å². The average Bonchev–Trinajstić information content (AvgIpc) is 2.16. The first-order valence-corrected chi connectivity index (χ1v) is 5.14. The molecule has 1 aromatic heterocycles. The Morgan fingerprint density at radius 3 is 2.69 bits per heavy atom. The van der Waals surface area contributed by atoms with Gasteiger partial charge in [-0.1, -0.05) is 0 Å². The van der Waals surface area contributed by atoms with Gasteiger partial charge in [-0.25, -0.2) is 4.98 Å². The SMILES string of the molecule is CC(C)NC(=O)C(C)Nc1nccc(N)n1. The van der Waals surface area contributed by atoms with E-state index in [9.17, 15) is 4.79 Å². The number of hydrogen-bond donors (Lipinski definition) is 3. The number of anilines is 2. The zero-order chi connectivity index (χ0) is 12.1. The van der Waals surface area contributed by atoms with E-state index in [0.717, 1.165) is 0 Å². The average molecular weight is 223 g/mol. The Labute approximate surface area is 94.7 Å². The number of nitrogens with two attached hydrogens (primary N) is 1. The molecule has 0 aliphatic rings. The van der Waals surface area contributed by atoms with Crippen LogP contribution < -0.4 is 16.4 Å². The van der Waals surface area contributed by atoms with Crippen molar-refractivity contribution in [2.24, 2.45) is 0 Å². The Kier molecular flexibility index (Phi) is 4.04. The standard InChI is InChI=1S/C10H17N5O/c1-6(2)13-9(16)7(3)14-10-12-5-4-8(11)15-10/h4-7H,1-3H3,(H,13,16)(H3,11,12,14,15). The van der Waals surface area contributed by atoms with Crippen LogP contribution in [0.5, 0.6) is 0 Å². The van der Waals surface area contributed by atoms with Crippen LogP contribution in [0.25, 0.3) is 0 Å². The van der Waals surface area contributed by atoms with Gasteiger partial charge in [0.05, 0.1) is 0 Å². The van der Waals surface area contributed by atoms with Crippen LogP contribution in [0.2, 0.25) is 0 Å².